The number of pyridine rings is 1. The van der Waals surface area contributed by atoms with E-state index < -0.39 is 45.7 Å². The van der Waals surface area contributed by atoms with Gasteiger partial charge in [-0.05, 0) is 55.3 Å². The number of benzene rings is 1. The number of alkyl halides is 4. The lowest BCUT2D eigenvalue weighted by Crippen LogP contribution is -2.44. The van der Waals surface area contributed by atoms with E-state index in [1.165, 1.54) is 18.5 Å². The zero-order chi connectivity index (χ0) is 26.1. The third-order valence-electron chi connectivity index (χ3n) is 5.73. The predicted molar refractivity (Wildman–Crippen MR) is 124 cm³/mol. The van der Waals surface area contributed by atoms with Crippen LogP contribution in [0, 0.1) is 5.82 Å². The van der Waals surface area contributed by atoms with Crippen molar-refractivity contribution in [2.24, 2.45) is 0 Å². The van der Waals surface area contributed by atoms with Crippen LogP contribution in [0.15, 0.2) is 59.9 Å². The topological polar surface area (TPSA) is 93.1 Å². The van der Waals surface area contributed by atoms with Crippen LogP contribution >= 0.6 is 0 Å². The number of rotatable bonds is 7. The van der Waals surface area contributed by atoms with Crippen molar-refractivity contribution in [2.75, 3.05) is 6.54 Å². The minimum absolute atomic E-state index is 0. The maximum atomic E-state index is 14.6. The second kappa shape index (κ2) is 11.0. The van der Waals surface area contributed by atoms with Crippen molar-refractivity contribution in [2.45, 2.75) is 50.0 Å². The molecular weight excluding hydrogens is 519 g/mol. The van der Waals surface area contributed by atoms with Gasteiger partial charge < -0.3 is 0 Å². The van der Waals surface area contributed by atoms with Crippen LogP contribution in [0.25, 0.3) is 11.3 Å². The highest BCUT2D eigenvalue weighted by atomic mass is 32.2. The van der Waals surface area contributed by atoms with E-state index in [-0.39, 0.29) is 43.8 Å². The Labute approximate surface area is 210 Å². The first kappa shape index (κ1) is 28.3. The highest BCUT2D eigenvalue weighted by Gasteiger charge is 2.45. The molecule has 0 radical (unpaired) electrons. The quantitative estimate of drug-likeness (QED) is 0.404. The summed E-state index contributed by atoms with van der Waals surface area (Å²) in [5, 5.41) is 0. The molecule has 3 aromatic rings. The molecule has 0 amide bonds. The Balaban J connectivity index is 0.00000380. The molecule has 2 aromatic heterocycles. The van der Waals surface area contributed by atoms with Crippen LogP contribution in [0.5, 0.6) is 0 Å². The van der Waals surface area contributed by atoms with Gasteiger partial charge in [0, 0.05) is 30.4 Å². The summed E-state index contributed by atoms with van der Waals surface area (Å²) in [7, 11) is -4.23. The van der Waals surface area contributed by atoms with E-state index in [4.69, 9.17) is 0 Å². The van der Waals surface area contributed by atoms with Crippen LogP contribution in [0.1, 0.15) is 31.7 Å². The fourth-order valence-electron chi connectivity index (χ4n) is 3.91. The van der Waals surface area contributed by atoms with Crippen molar-refractivity contribution in [1.29, 1.82) is 0 Å². The summed E-state index contributed by atoms with van der Waals surface area (Å²) in [6.07, 6.45) is -4.46. The molecule has 0 spiro atoms. The third-order valence-corrected chi connectivity index (χ3v) is 7.62. The van der Waals surface area contributed by atoms with Crippen molar-refractivity contribution in [3.05, 3.63) is 72.2 Å². The molecule has 1 fully saturated rings. The molecule has 1 aliphatic heterocycles. The van der Waals surface area contributed by atoms with Gasteiger partial charge in [0.25, 0.3) is 0 Å². The first-order chi connectivity index (χ1) is 17.0. The Morgan fingerprint density at radius 1 is 1.05 bits per heavy atom. The van der Waals surface area contributed by atoms with Crippen LogP contribution in [-0.4, -0.2) is 52.2 Å². The molecule has 0 N–H and O–H groups in total. The number of sulfonamides is 1. The molecule has 4 rings (SSSR count). The number of carbonyl (C=O) groups excluding carboxylic acids is 1. The largest absolute Gasteiger partial charge is 0.433 e. The van der Waals surface area contributed by atoms with Crippen molar-refractivity contribution >= 4 is 15.8 Å². The molecule has 0 unspecified atom stereocenters. The van der Waals surface area contributed by atoms with Gasteiger partial charge in [-0.2, -0.15) is 17.5 Å². The van der Waals surface area contributed by atoms with Crippen molar-refractivity contribution < 1.29 is 35.2 Å². The average Bonchev–Trinajstić information content (AvgIpc) is 3.25. The number of Topliss-reactive ketones (excluding diaryl/α,β-unsaturated/α-hetero) is 1. The summed E-state index contributed by atoms with van der Waals surface area (Å²) in [6, 6.07) is 5.99. The maximum absolute atomic E-state index is 14.6. The first-order valence-electron chi connectivity index (χ1n) is 10.8. The molecule has 0 aliphatic carbocycles. The monoisotopic (exact) mass is 542 g/mol. The third kappa shape index (κ3) is 6.16. The lowest BCUT2D eigenvalue weighted by molar-refractivity contribution is -0.141. The molecule has 0 saturated carbocycles. The smallest absolute Gasteiger partial charge is 0.298 e. The number of hydrogen-bond donors (Lipinski definition) is 0. The van der Waals surface area contributed by atoms with E-state index in [2.05, 4.69) is 15.0 Å². The zero-order valence-electron chi connectivity index (χ0n) is 18.5. The first-order valence-corrected chi connectivity index (χ1v) is 12.2. The van der Waals surface area contributed by atoms with Gasteiger partial charge in [-0.1, -0.05) is 7.43 Å². The van der Waals surface area contributed by atoms with Crippen molar-refractivity contribution in [1.82, 2.24) is 19.3 Å². The number of halogens is 5. The highest BCUT2D eigenvalue weighted by molar-refractivity contribution is 7.89. The van der Waals surface area contributed by atoms with E-state index in [0.29, 0.717) is 11.3 Å². The van der Waals surface area contributed by atoms with Gasteiger partial charge in [-0.3, -0.25) is 9.78 Å². The highest BCUT2D eigenvalue weighted by Crippen LogP contribution is 2.31. The molecule has 13 heteroatoms. The standard InChI is InChI=1S/C23H19F5N4O3S.CH4/c24-15-2-5-17(6-3-15)36(34,35)32-10-9-18(25)22(32)20(33)7-4-16-11-19(31-13-30-16)14-1-8-21(29-12-14)23(26,27)28;/h1-3,5-6,8,11-13,18,22H,4,7,9-10H2;1H4/t18-,22-;/m0./s1. The zero-order valence-corrected chi connectivity index (χ0v) is 19.3. The number of hydrogen-bond acceptors (Lipinski definition) is 6. The minimum atomic E-state index is -4.58. The van der Waals surface area contributed by atoms with Crippen LogP contribution in [0.3, 0.4) is 0 Å². The lowest BCUT2D eigenvalue weighted by Gasteiger charge is -2.24. The van der Waals surface area contributed by atoms with Crippen molar-refractivity contribution in [3.8, 4) is 11.3 Å². The fourth-order valence-corrected chi connectivity index (χ4v) is 5.55. The second-order valence-electron chi connectivity index (χ2n) is 8.11. The molecule has 1 aromatic carbocycles. The minimum Gasteiger partial charge on any atom is -0.298 e. The SMILES string of the molecule is C.O=C(CCc1cc(-c2ccc(C(F)(F)F)nc2)ncn1)[C@@H]1[C@@H](F)CCN1S(=O)(=O)c1ccc(F)cc1. The Morgan fingerprint density at radius 2 is 1.76 bits per heavy atom. The van der Waals surface area contributed by atoms with Gasteiger partial charge in [0.2, 0.25) is 10.0 Å². The molecule has 3 heterocycles. The van der Waals surface area contributed by atoms with Gasteiger partial charge in [0.05, 0.1) is 10.6 Å². The number of aromatic nitrogens is 3. The van der Waals surface area contributed by atoms with Crippen LogP contribution in [0.4, 0.5) is 22.0 Å². The summed E-state index contributed by atoms with van der Waals surface area (Å²) < 4.78 is 92.7. The fraction of sp³-hybridized carbons (Fsp3) is 0.333. The predicted octanol–water partition coefficient (Wildman–Crippen LogP) is 4.64. The number of nitrogens with zero attached hydrogens (tertiary/aromatic N) is 4. The summed E-state index contributed by atoms with van der Waals surface area (Å²) in [5.41, 5.74) is -0.120. The van der Waals surface area contributed by atoms with E-state index in [1.54, 1.807) is 0 Å². The van der Waals surface area contributed by atoms with Crippen molar-refractivity contribution in [3.63, 3.8) is 0 Å². The Kier molecular flexibility index (Phi) is 8.38. The molecule has 0 bridgehead atoms. The number of ketones is 1. The Hall–Kier alpha value is -3.32. The number of carbonyl (C=O) groups is 1. The van der Waals surface area contributed by atoms with Crippen LogP contribution in [0.2, 0.25) is 0 Å². The van der Waals surface area contributed by atoms with Gasteiger partial charge >= 0.3 is 6.18 Å². The van der Waals surface area contributed by atoms with E-state index >= 15 is 0 Å². The average molecular weight is 543 g/mol. The van der Waals surface area contributed by atoms with E-state index in [9.17, 15) is 35.2 Å². The van der Waals surface area contributed by atoms with E-state index in [1.807, 2.05) is 0 Å². The van der Waals surface area contributed by atoms with Gasteiger partial charge in [0.1, 0.15) is 30.1 Å². The molecule has 2 atom stereocenters. The summed E-state index contributed by atoms with van der Waals surface area (Å²) in [6.45, 7) is -0.199. The summed E-state index contributed by atoms with van der Waals surface area (Å²) >= 11 is 0. The molecule has 37 heavy (non-hydrogen) atoms. The summed E-state index contributed by atoms with van der Waals surface area (Å²) in [4.78, 5) is 24.1. The normalized spacial score (nSPS) is 18.4. The Bertz CT molecular complexity index is 1350. The van der Waals surface area contributed by atoms with Crippen LogP contribution in [-0.2, 0) is 27.4 Å². The second-order valence-corrected chi connectivity index (χ2v) is 10.0. The maximum Gasteiger partial charge on any atom is 0.433 e. The Morgan fingerprint density at radius 3 is 2.38 bits per heavy atom. The number of aryl methyl sites for hydroxylation is 1. The van der Waals surface area contributed by atoms with Gasteiger partial charge in [-0.25, -0.2) is 27.2 Å². The van der Waals surface area contributed by atoms with Gasteiger partial charge in [-0.15, -0.1) is 0 Å². The van der Waals surface area contributed by atoms with Gasteiger partial charge in [0.15, 0.2) is 5.78 Å². The lowest BCUT2D eigenvalue weighted by atomic mass is 10.0. The van der Waals surface area contributed by atoms with Crippen LogP contribution < -0.4 is 0 Å². The molecule has 7 nitrogen and oxygen atoms in total. The summed E-state index contributed by atoms with van der Waals surface area (Å²) in [5.74, 6) is -1.29. The molecule has 1 aliphatic rings. The molecular formula is C24H23F5N4O3S. The van der Waals surface area contributed by atoms with E-state index in [0.717, 1.165) is 40.8 Å². The molecule has 1 saturated heterocycles. The molecule has 198 valence electrons.